The van der Waals surface area contributed by atoms with Gasteiger partial charge < -0.3 is 45.5 Å². The van der Waals surface area contributed by atoms with E-state index in [9.17, 15) is 48.8 Å². The molecule has 14 heteroatoms. The standard InChI is InChI=1S/C25H40N2O10P2/c1-23-10-8-19-18-7-5-17(28)14-16(18)4-6-20(19)21(23)9-11-24(23,30)22(29)27-13-3-2-12-26-15-25(31,38(32,33)34)39(35,36)37/h5,7,14,19-21,26,28,30-31H,2-4,6,8-13,15H2,1H3,(H,27,29)(H2,32,33,34)(H2,35,36,37)/t19?,20?,21?,23-,24-/m0/s1. The van der Waals surface area contributed by atoms with E-state index >= 15 is 0 Å². The number of phenolic OH excluding ortho intramolecular Hbond substituents is 1. The van der Waals surface area contributed by atoms with Gasteiger partial charge in [0.2, 0.25) is 0 Å². The molecule has 3 aliphatic rings. The van der Waals surface area contributed by atoms with Crippen LogP contribution in [0.4, 0.5) is 0 Å². The van der Waals surface area contributed by atoms with Crippen molar-refractivity contribution in [2.45, 2.75) is 74.9 Å². The van der Waals surface area contributed by atoms with Crippen LogP contribution in [0.3, 0.4) is 0 Å². The van der Waals surface area contributed by atoms with E-state index in [1.807, 2.05) is 19.1 Å². The minimum atomic E-state index is -5.51. The molecule has 4 rings (SSSR count). The quantitative estimate of drug-likeness (QED) is 0.140. The summed E-state index contributed by atoms with van der Waals surface area (Å²) in [6.07, 6.45) is 5.39. The molecule has 0 aliphatic heterocycles. The summed E-state index contributed by atoms with van der Waals surface area (Å²) in [6.45, 7) is 1.36. The molecule has 0 radical (unpaired) electrons. The molecule has 0 heterocycles. The first-order valence-corrected chi connectivity index (χ1v) is 16.6. The summed E-state index contributed by atoms with van der Waals surface area (Å²) >= 11 is 0. The van der Waals surface area contributed by atoms with Crippen molar-refractivity contribution >= 4 is 21.1 Å². The average molecular weight is 591 g/mol. The number of aliphatic hydroxyl groups is 2. The summed E-state index contributed by atoms with van der Waals surface area (Å²) in [7, 11) is -11.0. The molecule has 0 spiro atoms. The van der Waals surface area contributed by atoms with Crippen LogP contribution in [-0.2, 0) is 20.3 Å². The van der Waals surface area contributed by atoms with Crippen LogP contribution < -0.4 is 10.6 Å². The summed E-state index contributed by atoms with van der Waals surface area (Å²) in [6, 6.07) is 5.60. The van der Waals surface area contributed by atoms with Crippen molar-refractivity contribution in [3.8, 4) is 5.75 Å². The van der Waals surface area contributed by atoms with Crippen LogP contribution in [0.2, 0.25) is 0 Å². The van der Waals surface area contributed by atoms with Crippen molar-refractivity contribution in [3.05, 3.63) is 29.3 Å². The molecule has 3 aliphatic carbocycles. The second kappa shape index (κ2) is 10.8. The van der Waals surface area contributed by atoms with E-state index in [1.165, 1.54) is 11.1 Å². The van der Waals surface area contributed by atoms with Crippen molar-refractivity contribution in [2.75, 3.05) is 19.6 Å². The zero-order valence-electron chi connectivity index (χ0n) is 22.0. The van der Waals surface area contributed by atoms with Crippen LogP contribution in [0.1, 0.15) is 68.9 Å². The number of carbonyl (C=O) groups is 1. The Hall–Kier alpha value is -1.33. The Bertz CT molecular complexity index is 1160. The van der Waals surface area contributed by atoms with Gasteiger partial charge in [0.1, 0.15) is 11.4 Å². The third-order valence-electron chi connectivity index (χ3n) is 9.60. The lowest BCUT2D eigenvalue weighted by atomic mass is 9.53. The highest BCUT2D eigenvalue weighted by Gasteiger charge is 2.64. The van der Waals surface area contributed by atoms with Crippen molar-refractivity contribution in [1.29, 1.82) is 0 Å². The zero-order valence-corrected chi connectivity index (χ0v) is 23.8. The number of hydrogen-bond donors (Lipinski definition) is 9. The van der Waals surface area contributed by atoms with Crippen molar-refractivity contribution < 1.29 is 48.8 Å². The molecular formula is C25H40N2O10P2. The molecule has 3 unspecified atom stereocenters. The number of unbranched alkanes of at least 4 members (excludes halogenated alkanes) is 1. The Balaban J connectivity index is 1.28. The Morgan fingerprint density at radius 2 is 1.72 bits per heavy atom. The number of aryl methyl sites for hydroxylation is 1. The Morgan fingerprint density at radius 1 is 1.05 bits per heavy atom. The van der Waals surface area contributed by atoms with Gasteiger partial charge in [-0.05, 0) is 98.9 Å². The number of aromatic hydroxyl groups is 1. The van der Waals surface area contributed by atoms with Gasteiger partial charge in [0, 0.05) is 18.5 Å². The molecule has 2 saturated carbocycles. The minimum Gasteiger partial charge on any atom is -0.508 e. The van der Waals surface area contributed by atoms with Gasteiger partial charge in [-0.2, -0.15) is 0 Å². The number of rotatable bonds is 10. The van der Waals surface area contributed by atoms with E-state index in [2.05, 4.69) is 10.6 Å². The van der Waals surface area contributed by atoms with Crippen LogP contribution in [0.5, 0.6) is 5.75 Å². The van der Waals surface area contributed by atoms with Gasteiger partial charge in [0.15, 0.2) is 0 Å². The second-order valence-electron chi connectivity index (χ2n) is 11.7. The molecule has 12 nitrogen and oxygen atoms in total. The van der Waals surface area contributed by atoms with E-state index < -0.39 is 43.7 Å². The van der Waals surface area contributed by atoms with Gasteiger partial charge in [0.25, 0.3) is 11.0 Å². The number of fused-ring (bicyclic) bond motifs is 5. The fourth-order valence-corrected chi connectivity index (χ4v) is 9.31. The van der Waals surface area contributed by atoms with Gasteiger partial charge in [-0.25, -0.2) is 0 Å². The largest absolute Gasteiger partial charge is 0.508 e. The van der Waals surface area contributed by atoms with Gasteiger partial charge in [-0.15, -0.1) is 0 Å². The summed E-state index contributed by atoms with van der Waals surface area (Å²) in [5.74, 6) is 0.810. The lowest BCUT2D eigenvalue weighted by Crippen LogP contribution is -2.58. The molecule has 220 valence electrons. The topological polar surface area (TPSA) is 217 Å². The number of amides is 1. The predicted molar refractivity (Wildman–Crippen MR) is 142 cm³/mol. The summed E-state index contributed by atoms with van der Waals surface area (Å²) in [5, 5.41) is 33.2. The highest BCUT2D eigenvalue weighted by molar-refractivity contribution is 7.72. The maximum absolute atomic E-state index is 13.3. The molecule has 2 fully saturated rings. The van der Waals surface area contributed by atoms with Gasteiger partial charge in [0.05, 0.1) is 0 Å². The minimum absolute atomic E-state index is 0.0879. The molecule has 39 heavy (non-hydrogen) atoms. The molecule has 1 aromatic rings. The molecule has 9 N–H and O–H groups in total. The van der Waals surface area contributed by atoms with Gasteiger partial charge in [-0.1, -0.05) is 13.0 Å². The first kappa shape index (κ1) is 30.6. The van der Waals surface area contributed by atoms with E-state index in [0.717, 1.165) is 32.1 Å². The monoisotopic (exact) mass is 590 g/mol. The molecule has 0 aromatic heterocycles. The van der Waals surface area contributed by atoms with E-state index in [1.54, 1.807) is 6.07 Å². The summed E-state index contributed by atoms with van der Waals surface area (Å²) in [5.41, 5.74) is 0.427. The maximum Gasteiger partial charge on any atom is 0.370 e. The number of hydrogen-bond acceptors (Lipinski definition) is 7. The molecule has 0 saturated heterocycles. The van der Waals surface area contributed by atoms with Crippen LogP contribution in [0, 0.1) is 17.3 Å². The number of nitrogens with one attached hydrogen (secondary N) is 2. The molecule has 5 atom stereocenters. The molecular weight excluding hydrogens is 550 g/mol. The third kappa shape index (κ3) is 5.36. The fraction of sp³-hybridized carbons (Fsp3) is 0.720. The Kier molecular flexibility index (Phi) is 8.50. The third-order valence-corrected chi connectivity index (χ3v) is 13.3. The normalized spacial score (nSPS) is 30.8. The van der Waals surface area contributed by atoms with Gasteiger partial charge >= 0.3 is 15.2 Å². The van der Waals surface area contributed by atoms with E-state index in [-0.39, 0.29) is 24.8 Å². The second-order valence-corrected chi connectivity index (χ2v) is 15.7. The Labute approximate surface area is 227 Å². The van der Waals surface area contributed by atoms with Crippen molar-refractivity contribution in [3.63, 3.8) is 0 Å². The smallest absolute Gasteiger partial charge is 0.370 e. The lowest BCUT2D eigenvalue weighted by molar-refractivity contribution is -0.159. The number of phenols is 1. The highest BCUT2D eigenvalue weighted by atomic mass is 31.2. The predicted octanol–water partition coefficient (Wildman–Crippen LogP) is 1.47. The average Bonchev–Trinajstić information content (AvgIpc) is 3.13. The van der Waals surface area contributed by atoms with Crippen LogP contribution in [0.15, 0.2) is 18.2 Å². The Morgan fingerprint density at radius 3 is 2.38 bits per heavy atom. The zero-order chi connectivity index (χ0) is 28.9. The maximum atomic E-state index is 13.3. The summed E-state index contributed by atoms with van der Waals surface area (Å²) < 4.78 is 22.8. The van der Waals surface area contributed by atoms with E-state index in [0.29, 0.717) is 31.1 Å². The van der Waals surface area contributed by atoms with Gasteiger partial charge in [-0.3, -0.25) is 13.9 Å². The fourth-order valence-electron chi connectivity index (χ4n) is 7.31. The highest BCUT2D eigenvalue weighted by Crippen LogP contribution is 2.67. The number of carbonyl (C=O) groups excluding carboxylic acids is 1. The van der Waals surface area contributed by atoms with Crippen LogP contribution in [0.25, 0.3) is 0 Å². The van der Waals surface area contributed by atoms with Crippen molar-refractivity contribution in [2.24, 2.45) is 17.3 Å². The summed E-state index contributed by atoms with van der Waals surface area (Å²) in [4.78, 5) is 49.9. The first-order valence-electron chi connectivity index (χ1n) is 13.4. The lowest BCUT2D eigenvalue weighted by Gasteiger charge is -2.52. The van der Waals surface area contributed by atoms with Crippen molar-refractivity contribution in [1.82, 2.24) is 10.6 Å². The number of benzene rings is 1. The molecule has 1 aromatic carbocycles. The molecule has 0 bridgehead atoms. The SMILES string of the molecule is C[C@]12CCC3c4ccc(O)cc4CCC3C1CC[C@]2(O)C(=O)NCCCCNCC(O)(P(=O)(O)O)P(=O)(O)O. The molecule has 1 amide bonds. The van der Waals surface area contributed by atoms with Crippen LogP contribution in [-0.4, -0.2) is 71.1 Å². The van der Waals surface area contributed by atoms with E-state index in [4.69, 9.17) is 0 Å². The van der Waals surface area contributed by atoms with Crippen LogP contribution >= 0.6 is 15.2 Å². The first-order chi connectivity index (χ1) is 18.1.